The Morgan fingerprint density at radius 3 is 2.17 bits per heavy atom. The fourth-order valence-corrected chi connectivity index (χ4v) is 3.12. The molecule has 1 aromatic carbocycles. The minimum Gasteiger partial charge on any atom is -0.339 e. The van der Waals surface area contributed by atoms with Crippen molar-refractivity contribution < 1.29 is 13.2 Å². The summed E-state index contributed by atoms with van der Waals surface area (Å²) in [7, 11) is -1.37. The molecule has 0 aliphatic heterocycles. The molecular formula is C18H29NO3S. The van der Waals surface area contributed by atoms with E-state index in [0.29, 0.717) is 11.3 Å². The number of unbranched alkanes of at least 4 members (excludes halogenated alkanes) is 4. The molecule has 0 fully saturated rings. The summed E-state index contributed by atoms with van der Waals surface area (Å²) < 4.78 is 23.0. The quantitative estimate of drug-likeness (QED) is 0.640. The van der Waals surface area contributed by atoms with Crippen LogP contribution in [0.1, 0.15) is 64.0 Å². The van der Waals surface area contributed by atoms with Gasteiger partial charge < -0.3 is 4.90 Å². The van der Waals surface area contributed by atoms with Gasteiger partial charge in [-0.3, -0.25) is 4.79 Å². The van der Waals surface area contributed by atoms with Crippen molar-refractivity contribution in [3.63, 3.8) is 0 Å². The molecule has 4 nitrogen and oxygen atoms in total. The minimum absolute atomic E-state index is 0.0632. The molecular weight excluding hydrogens is 310 g/mol. The number of rotatable bonds is 9. The maximum absolute atomic E-state index is 12.2. The van der Waals surface area contributed by atoms with Gasteiger partial charge in [0.15, 0.2) is 9.84 Å². The number of carbonyl (C=O) groups excluding carboxylic acids is 1. The second-order valence-corrected chi connectivity index (χ2v) is 8.20. The van der Waals surface area contributed by atoms with E-state index in [1.165, 1.54) is 25.5 Å². The van der Waals surface area contributed by atoms with Gasteiger partial charge in [-0.15, -0.1) is 0 Å². The molecule has 130 valence electrons. The first-order chi connectivity index (χ1) is 10.8. The molecule has 0 heterocycles. The summed E-state index contributed by atoms with van der Waals surface area (Å²) in [5.41, 5.74) is 0.944. The normalized spacial score (nSPS) is 12.9. The maximum Gasteiger partial charge on any atom is 0.222 e. The van der Waals surface area contributed by atoms with Crippen molar-refractivity contribution in [1.82, 2.24) is 4.90 Å². The lowest BCUT2D eigenvalue weighted by molar-refractivity contribution is -0.131. The van der Waals surface area contributed by atoms with E-state index in [1.807, 2.05) is 14.0 Å². The van der Waals surface area contributed by atoms with E-state index in [1.54, 1.807) is 29.2 Å². The van der Waals surface area contributed by atoms with Crippen molar-refractivity contribution in [1.29, 1.82) is 0 Å². The first-order valence-corrected chi connectivity index (χ1v) is 10.2. The molecule has 0 radical (unpaired) electrons. The van der Waals surface area contributed by atoms with E-state index in [0.717, 1.165) is 18.4 Å². The van der Waals surface area contributed by atoms with E-state index < -0.39 is 9.84 Å². The predicted molar refractivity (Wildman–Crippen MR) is 94.1 cm³/mol. The van der Waals surface area contributed by atoms with E-state index in [2.05, 4.69) is 6.92 Å². The predicted octanol–water partition coefficient (Wildman–Crippen LogP) is 3.97. The number of benzene rings is 1. The van der Waals surface area contributed by atoms with Crippen LogP contribution < -0.4 is 0 Å². The summed E-state index contributed by atoms with van der Waals surface area (Å²) in [5.74, 6) is 0.140. The van der Waals surface area contributed by atoms with Crippen molar-refractivity contribution in [2.45, 2.75) is 63.3 Å². The summed E-state index contributed by atoms with van der Waals surface area (Å²) >= 11 is 0. The van der Waals surface area contributed by atoms with Gasteiger partial charge in [-0.25, -0.2) is 8.42 Å². The van der Waals surface area contributed by atoms with Gasteiger partial charge in [0.25, 0.3) is 0 Å². The van der Waals surface area contributed by atoms with Crippen LogP contribution >= 0.6 is 0 Å². The number of sulfone groups is 1. The van der Waals surface area contributed by atoms with E-state index in [4.69, 9.17) is 0 Å². The monoisotopic (exact) mass is 339 g/mol. The SMILES string of the molecule is CCCCCCCC(=O)N(C)C(C)c1ccc(S(C)(=O)=O)cc1. The third kappa shape index (κ3) is 6.34. The van der Waals surface area contributed by atoms with Crippen molar-refractivity contribution >= 4 is 15.7 Å². The molecule has 0 bridgehead atoms. The second kappa shape index (κ2) is 9.06. The molecule has 1 rings (SSSR count). The van der Waals surface area contributed by atoms with E-state index in [9.17, 15) is 13.2 Å². The van der Waals surface area contributed by atoms with Gasteiger partial charge in [0.1, 0.15) is 0 Å². The average molecular weight is 340 g/mol. The summed E-state index contributed by atoms with van der Waals surface area (Å²) in [6.07, 6.45) is 7.43. The molecule has 1 amide bonds. The molecule has 1 unspecified atom stereocenters. The van der Waals surface area contributed by atoms with Crippen LogP contribution in [0.3, 0.4) is 0 Å². The zero-order valence-electron chi connectivity index (χ0n) is 14.7. The zero-order chi connectivity index (χ0) is 17.5. The lowest BCUT2D eigenvalue weighted by atomic mass is 10.1. The smallest absolute Gasteiger partial charge is 0.222 e. The molecule has 0 saturated carbocycles. The van der Waals surface area contributed by atoms with Gasteiger partial charge in [-0.05, 0) is 31.0 Å². The summed E-state index contributed by atoms with van der Waals surface area (Å²) in [4.78, 5) is 14.3. The van der Waals surface area contributed by atoms with Crippen LogP contribution in [-0.2, 0) is 14.6 Å². The van der Waals surface area contributed by atoms with E-state index >= 15 is 0 Å². The fraction of sp³-hybridized carbons (Fsp3) is 0.611. The van der Waals surface area contributed by atoms with Crippen LogP contribution in [-0.4, -0.2) is 32.5 Å². The lowest BCUT2D eigenvalue weighted by Crippen LogP contribution is -2.29. The molecule has 0 saturated heterocycles. The highest BCUT2D eigenvalue weighted by Gasteiger charge is 2.17. The number of carbonyl (C=O) groups is 1. The van der Waals surface area contributed by atoms with Crippen molar-refractivity contribution in [3.05, 3.63) is 29.8 Å². The highest BCUT2D eigenvalue weighted by molar-refractivity contribution is 7.90. The molecule has 23 heavy (non-hydrogen) atoms. The van der Waals surface area contributed by atoms with Crippen LogP contribution in [0.5, 0.6) is 0 Å². The van der Waals surface area contributed by atoms with E-state index in [-0.39, 0.29) is 11.9 Å². The van der Waals surface area contributed by atoms with Gasteiger partial charge >= 0.3 is 0 Å². The highest BCUT2D eigenvalue weighted by Crippen LogP contribution is 2.22. The summed E-state index contributed by atoms with van der Waals surface area (Å²) in [5, 5.41) is 0. The number of hydrogen-bond acceptors (Lipinski definition) is 3. The number of hydrogen-bond donors (Lipinski definition) is 0. The lowest BCUT2D eigenvalue weighted by Gasteiger charge is -2.25. The molecule has 0 spiro atoms. The second-order valence-electron chi connectivity index (χ2n) is 6.19. The molecule has 0 aliphatic rings. The summed E-state index contributed by atoms with van der Waals surface area (Å²) in [6, 6.07) is 6.71. The Kier molecular flexibility index (Phi) is 7.76. The standard InChI is InChI=1S/C18H29NO3S/c1-5-6-7-8-9-10-18(20)19(3)15(2)16-11-13-17(14-12-16)23(4,21)22/h11-15H,5-10H2,1-4H3. The molecule has 0 N–H and O–H groups in total. The minimum atomic E-state index is -3.18. The number of amides is 1. The largest absolute Gasteiger partial charge is 0.339 e. The van der Waals surface area contributed by atoms with Crippen molar-refractivity contribution in [3.8, 4) is 0 Å². The van der Waals surface area contributed by atoms with Crippen LogP contribution in [0.4, 0.5) is 0 Å². The Morgan fingerprint density at radius 2 is 1.65 bits per heavy atom. The van der Waals surface area contributed by atoms with Crippen LogP contribution in [0.15, 0.2) is 29.2 Å². The molecule has 0 aromatic heterocycles. The number of nitrogens with zero attached hydrogens (tertiary/aromatic N) is 1. The van der Waals surface area contributed by atoms with Crippen LogP contribution in [0.2, 0.25) is 0 Å². The third-order valence-electron chi connectivity index (χ3n) is 4.26. The van der Waals surface area contributed by atoms with Crippen LogP contribution in [0, 0.1) is 0 Å². The van der Waals surface area contributed by atoms with Crippen molar-refractivity contribution in [2.24, 2.45) is 0 Å². The Bertz CT molecular complexity index is 593. The Hall–Kier alpha value is -1.36. The topological polar surface area (TPSA) is 54.5 Å². The highest BCUT2D eigenvalue weighted by atomic mass is 32.2. The first kappa shape index (κ1) is 19.7. The summed E-state index contributed by atoms with van der Waals surface area (Å²) in [6.45, 7) is 4.14. The average Bonchev–Trinajstić information content (AvgIpc) is 2.52. The molecule has 1 atom stereocenters. The zero-order valence-corrected chi connectivity index (χ0v) is 15.5. The van der Waals surface area contributed by atoms with Gasteiger partial charge in [-0.1, -0.05) is 44.7 Å². The molecule has 5 heteroatoms. The van der Waals surface area contributed by atoms with Gasteiger partial charge in [-0.2, -0.15) is 0 Å². The van der Waals surface area contributed by atoms with Gasteiger partial charge in [0, 0.05) is 19.7 Å². The van der Waals surface area contributed by atoms with Crippen LogP contribution in [0.25, 0.3) is 0 Å². The first-order valence-electron chi connectivity index (χ1n) is 8.33. The fourth-order valence-electron chi connectivity index (χ4n) is 2.49. The Labute approximate surface area is 140 Å². The molecule has 1 aromatic rings. The Balaban J connectivity index is 2.58. The Morgan fingerprint density at radius 1 is 1.09 bits per heavy atom. The molecule has 0 aliphatic carbocycles. The van der Waals surface area contributed by atoms with Crippen molar-refractivity contribution in [2.75, 3.05) is 13.3 Å². The van der Waals surface area contributed by atoms with Gasteiger partial charge in [0.05, 0.1) is 10.9 Å². The van der Waals surface area contributed by atoms with Gasteiger partial charge in [0.2, 0.25) is 5.91 Å². The maximum atomic E-state index is 12.2. The third-order valence-corrected chi connectivity index (χ3v) is 5.39.